The molecule has 2 rings (SSSR count). The van der Waals surface area contributed by atoms with E-state index in [-0.39, 0.29) is 11.5 Å². The van der Waals surface area contributed by atoms with Crippen molar-refractivity contribution in [2.75, 3.05) is 31.1 Å². The molecule has 0 amide bonds. The third kappa shape index (κ3) is 4.63. The van der Waals surface area contributed by atoms with E-state index in [0.29, 0.717) is 19.6 Å². The zero-order valence-corrected chi connectivity index (χ0v) is 12.2. The highest BCUT2D eigenvalue weighted by Crippen LogP contribution is 2.13. The van der Waals surface area contributed by atoms with Crippen LogP contribution in [0.15, 0.2) is 16.7 Å². The van der Waals surface area contributed by atoms with Crippen LogP contribution in [0.3, 0.4) is 0 Å². The van der Waals surface area contributed by atoms with Gasteiger partial charge in [-0.15, -0.1) is 0 Å². The largest absolute Gasteiger partial charge is 0.468 e. The Bertz CT molecular complexity index is 482. The van der Waals surface area contributed by atoms with Gasteiger partial charge < -0.3 is 9.73 Å². The Balaban J connectivity index is 1.80. The lowest BCUT2D eigenvalue weighted by Crippen LogP contribution is -2.39. The lowest BCUT2D eigenvalue weighted by Gasteiger charge is -2.25. The van der Waals surface area contributed by atoms with Crippen LogP contribution in [0.5, 0.6) is 0 Å². The lowest BCUT2D eigenvalue weighted by molar-refractivity contribution is 0.262. The van der Waals surface area contributed by atoms with Crippen molar-refractivity contribution in [3.05, 3.63) is 23.7 Å². The molecule has 5 nitrogen and oxygen atoms in total. The Hall–Kier alpha value is -0.850. The number of hydrogen-bond donors (Lipinski definition) is 1. The van der Waals surface area contributed by atoms with Crippen molar-refractivity contribution in [2.24, 2.45) is 0 Å². The summed E-state index contributed by atoms with van der Waals surface area (Å²) in [6.07, 6.45) is 2.89. The van der Waals surface area contributed by atoms with Gasteiger partial charge in [0, 0.05) is 25.2 Å². The van der Waals surface area contributed by atoms with Crippen LogP contribution in [0.1, 0.15) is 24.7 Å². The maximum Gasteiger partial charge on any atom is 0.152 e. The van der Waals surface area contributed by atoms with Crippen LogP contribution in [0.25, 0.3) is 0 Å². The highest BCUT2D eigenvalue weighted by molar-refractivity contribution is 7.91. The van der Waals surface area contributed by atoms with E-state index in [2.05, 4.69) is 17.1 Å². The van der Waals surface area contributed by atoms with Gasteiger partial charge in [-0.25, -0.2) is 8.42 Å². The van der Waals surface area contributed by atoms with Gasteiger partial charge in [-0.1, -0.05) is 6.92 Å². The fourth-order valence-corrected chi connectivity index (χ4v) is 3.42. The van der Waals surface area contributed by atoms with Gasteiger partial charge in [0.05, 0.1) is 24.3 Å². The Morgan fingerprint density at radius 1 is 1.37 bits per heavy atom. The van der Waals surface area contributed by atoms with Crippen molar-refractivity contribution in [1.82, 2.24) is 10.2 Å². The molecule has 0 atom stereocenters. The summed E-state index contributed by atoms with van der Waals surface area (Å²) in [4.78, 5) is 2.13. The Morgan fingerprint density at radius 2 is 2.11 bits per heavy atom. The number of nitrogens with one attached hydrogen (secondary N) is 1. The van der Waals surface area contributed by atoms with E-state index in [1.54, 1.807) is 6.26 Å². The topological polar surface area (TPSA) is 62.6 Å². The summed E-state index contributed by atoms with van der Waals surface area (Å²) in [5.41, 5.74) is 1.15. The van der Waals surface area contributed by atoms with E-state index < -0.39 is 9.84 Å². The van der Waals surface area contributed by atoms with Crippen molar-refractivity contribution in [3.8, 4) is 0 Å². The minimum Gasteiger partial charge on any atom is -0.468 e. The van der Waals surface area contributed by atoms with Crippen LogP contribution in [0.2, 0.25) is 0 Å². The number of sulfone groups is 1. The average Bonchev–Trinajstić information content (AvgIpc) is 2.80. The number of rotatable bonds is 6. The molecule has 1 aromatic heterocycles. The highest BCUT2D eigenvalue weighted by Gasteiger charge is 2.22. The number of hydrogen-bond acceptors (Lipinski definition) is 5. The maximum atomic E-state index is 11.3. The summed E-state index contributed by atoms with van der Waals surface area (Å²) in [7, 11) is -2.80. The second-order valence-electron chi connectivity index (χ2n) is 5.03. The van der Waals surface area contributed by atoms with Crippen LogP contribution in [-0.2, 0) is 22.9 Å². The molecule has 108 valence electrons. The zero-order chi connectivity index (χ0) is 13.7. The summed E-state index contributed by atoms with van der Waals surface area (Å²) in [6.45, 7) is 5.87. The van der Waals surface area contributed by atoms with E-state index in [1.165, 1.54) is 0 Å². The van der Waals surface area contributed by atoms with E-state index in [1.807, 2.05) is 6.07 Å². The smallest absolute Gasteiger partial charge is 0.152 e. The third-order valence-corrected chi connectivity index (χ3v) is 4.89. The van der Waals surface area contributed by atoms with Crippen molar-refractivity contribution < 1.29 is 12.8 Å². The summed E-state index contributed by atoms with van der Waals surface area (Å²) < 4.78 is 28.2. The molecule has 0 spiro atoms. The Morgan fingerprint density at radius 3 is 2.79 bits per heavy atom. The highest BCUT2D eigenvalue weighted by atomic mass is 32.2. The fraction of sp³-hybridized carbons (Fsp3) is 0.692. The second kappa shape index (κ2) is 6.54. The van der Waals surface area contributed by atoms with E-state index in [4.69, 9.17) is 4.42 Å². The van der Waals surface area contributed by atoms with Crippen LogP contribution in [0, 0.1) is 0 Å². The molecule has 6 heteroatoms. The molecule has 0 aliphatic carbocycles. The van der Waals surface area contributed by atoms with Crippen LogP contribution < -0.4 is 5.32 Å². The van der Waals surface area contributed by atoms with Gasteiger partial charge in [0.1, 0.15) is 5.76 Å². The van der Waals surface area contributed by atoms with Gasteiger partial charge in [-0.3, -0.25) is 4.90 Å². The van der Waals surface area contributed by atoms with Gasteiger partial charge in [0.15, 0.2) is 9.84 Å². The molecule has 0 aromatic carbocycles. The van der Waals surface area contributed by atoms with Gasteiger partial charge >= 0.3 is 0 Å². The number of furan rings is 1. The van der Waals surface area contributed by atoms with E-state index in [9.17, 15) is 8.42 Å². The van der Waals surface area contributed by atoms with Gasteiger partial charge in [-0.2, -0.15) is 0 Å². The first-order chi connectivity index (χ1) is 9.09. The molecule has 1 aliphatic rings. The molecule has 19 heavy (non-hydrogen) atoms. The first-order valence-electron chi connectivity index (χ1n) is 6.79. The van der Waals surface area contributed by atoms with Gasteiger partial charge in [0.2, 0.25) is 0 Å². The number of nitrogens with zero attached hydrogens (tertiary/aromatic N) is 1. The van der Waals surface area contributed by atoms with Crippen LogP contribution in [-0.4, -0.2) is 44.5 Å². The van der Waals surface area contributed by atoms with Gasteiger partial charge in [0.25, 0.3) is 0 Å². The molecule has 1 N–H and O–H groups in total. The molecule has 1 aliphatic heterocycles. The van der Waals surface area contributed by atoms with E-state index in [0.717, 1.165) is 30.8 Å². The summed E-state index contributed by atoms with van der Waals surface area (Å²) in [5.74, 6) is 1.43. The maximum absolute atomic E-state index is 11.3. The molecule has 0 radical (unpaired) electrons. The minimum absolute atomic E-state index is 0.263. The first kappa shape index (κ1) is 14.6. The predicted molar refractivity (Wildman–Crippen MR) is 74.6 cm³/mol. The SMILES string of the molecule is CCCNCc1coc(CN2CCS(=O)(=O)CC2)c1. The first-order valence-corrected chi connectivity index (χ1v) is 8.61. The second-order valence-corrected chi connectivity index (χ2v) is 7.33. The van der Waals surface area contributed by atoms with Crippen molar-refractivity contribution in [3.63, 3.8) is 0 Å². The predicted octanol–water partition coefficient (Wildman–Crippen LogP) is 1.01. The van der Waals surface area contributed by atoms with Gasteiger partial charge in [-0.05, 0) is 19.0 Å². The molecule has 1 fully saturated rings. The quantitative estimate of drug-likeness (QED) is 0.791. The molecule has 0 unspecified atom stereocenters. The average molecular weight is 286 g/mol. The van der Waals surface area contributed by atoms with Crippen molar-refractivity contribution in [1.29, 1.82) is 0 Å². The van der Waals surface area contributed by atoms with Crippen molar-refractivity contribution in [2.45, 2.75) is 26.4 Å². The molecule has 1 aromatic rings. The lowest BCUT2D eigenvalue weighted by atomic mass is 10.3. The zero-order valence-electron chi connectivity index (χ0n) is 11.4. The monoisotopic (exact) mass is 286 g/mol. The standard InChI is InChI=1S/C13H22N2O3S/c1-2-3-14-9-12-8-13(18-11-12)10-15-4-6-19(16,17)7-5-15/h8,11,14H,2-7,9-10H2,1H3. The fourth-order valence-electron chi connectivity index (χ4n) is 2.14. The van der Waals surface area contributed by atoms with E-state index >= 15 is 0 Å². The minimum atomic E-state index is -2.80. The van der Waals surface area contributed by atoms with Crippen LogP contribution in [0.4, 0.5) is 0 Å². The summed E-state index contributed by atoms with van der Waals surface area (Å²) >= 11 is 0. The normalized spacial score (nSPS) is 19.6. The third-order valence-electron chi connectivity index (χ3n) is 3.28. The molecule has 2 heterocycles. The molecular weight excluding hydrogens is 264 g/mol. The molecule has 0 bridgehead atoms. The van der Waals surface area contributed by atoms with Crippen LogP contribution >= 0.6 is 0 Å². The Kier molecular flexibility index (Phi) is 5.01. The summed E-state index contributed by atoms with van der Waals surface area (Å²) in [6, 6.07) is 2.05. The summed E-state index contributed by atoms with van der Waals surface area (Å²) in [5, 5.41) is 3.33. The van der Waals surface area contributed by atoms with Crippen molar-refractivity contribution >= 4 is 9.84 Å². The Labute approximate surface area is 114 Å². The molecular formula is C13H22N2O3S. The molecule has 1 saturated heterocycles. The molecule has 0 saturated carbocycles.